The minimum absolute atomic E-state index is 0.0378. The molecule has 1 aliphatic heterocycles. The quantitative estimate of drug-likeness (QED) is 0.896. The predicted octanol–water partition coefficient (Wildman–Crippen LogP) is 2.31. The molecule has 4 heteroatoms. The summed E-state index contributed by atoms with van der Waals surface area (Å²) >= 11 is 0. The van der Waals surface area contributed by atoms with Gasteiger partial charge in [-0.05, 0) is 31.0 Å². The first-order valence-electron chi connectivity index (χ1n) is 6.36. The molecule has 1 saturated heterocycles. The Balaban J connectivity index is 2.00. The lowest BCUT2D eigenvalue weighted by Crippen LogP contribution is -2.26. The summed E-state index contributed by atoms with van der Waals surface area (Å²) in [6, 6.07) is 4.87. The molecule has 1 aromatic carbocycles. The number of hydrogen-bond donors (Lipinski definition) is 1. The molecule has 1 unspecified atom stereocenters. The van der Waals surface area contributed by atoms with E-state index in [-0.39, 0.29) is 17.7 Å². The Labute approximate surface area is 107 Å². The normalized spacial score (nSPS) is 18.6. The number of aliphatic hydroxyl groups is 1. The van der Waals surface area contributed by atoms with Crippen LogP contribution in [0.4, 0.5) is 4.39 Å². The topological polar surface area (TPSA) is 38.7 Å². The molecule has 1 fully saturated rings. The summed E-state index contributed by atoms with van der Waals surface area (Å²) in [7, 11) is 0. The van der Waals surface area contributed by atoms with Gasteiger partial charge in [-0.25, -0.2) is 4.39 Å². The van der Waals surface area contributed by atoms with E-state index in [4.69, 9.17) is 9.47 Å². The molecule has 18 heavy (non-hydrogen) atoms. The van der Waals surface area contributed by atoms with Gasteiger partial charge >= 0.3 is 0 Å². The third kappa shape index (κ3) is 3.68. The summed E-state index contributed by atoms with van der Waals surface area (Å²) < 4.78 is 24.7. The van der Waals surface area contributed by atoms with Crippen LogP contribution in [0.25, 0.3) is 0 Å². The first-order chi connectivity index (χ1) is 8.65. The van der Waals surface area contributed by atoms with Crippen LogP contribution >= 0.6 is 0 Å². The van der Waals surface area contributed by atoms with E-state index in [1.807, 2.05) is 0 Å². The van der Waals surface area contributed by atoms with Gasteiger partial charge < -0.3 is 14.6 Å². The maximum atomic E-state index is 13.8. The monoisotopic (exact) mass is 254 g/mol. The summed E-state index contributed by atoms with van der Waals surface area (Å²) in [5, 5.41) is 9.26. The van der Waals surface area contributed by atoms with Crippen molar-refractivity contribution in [1.82, 2.24) is 0 Å². The van der Waals surface area contributed by atoms with Gasteiger partial charge in [-0.15, -0.1) is 0 Å². The predicted molar refractivity (Wildman–Crippen MR) is 66.3 cm³/mol. The molecule has 100 valence electrons. The van der Waals surface area contributed by atoms with Crippen molar-refractivity contribution in [1.29, 1.82) is 0 Å². The standard InChI is InChI=1S/C14H19FO3/c1-10(16)8-11-2-3-14(13(15)9-11)18-12-4-6-17-7-5-12/h2-3,9-10,12,16H,4-8H2,1H3. The van der Waals surface area contributed by atoms with Crippen LogP contribution in [0.15, 0.2) is 18.2 Å². The van der Waals surface area contributed by atoms with E-state index in [0.717, 1.165) is 18.4 Å². The number of rotatable bonds is 4. The van der Waals surface area contributed by atoms with Gasteiger partial charge in [0.05, 0.1) is 19.3 Å². The maximum absolute atomic E-state index is 13.8. The molecule has 1 heterocycles. The van der Waals surface area contributed by atoms with Gasteiger partial charge in [0.2, 0.25) is 0 Å². The fourth-order valence-electron chi connectivity index (χ4n) is 2.08. The fourth-order valence-corrected chi connectivity index (χ4v) is 2.08. The third-order valence-corrected chi connectivity index (χ3v) is 2.99. The Hall–Kier alpha value is -1.13. The zero-order chi connectivity index (χ0) is 13.0. The molecule has 0 radical (unpaired) electrons. The molecular weight excluding hydrogens is 235 g/mol. The summed E-state index contributed by atoms with van der Waals surface area (Å²) in [6.07, 6.45) is 1.63. The van der Waals surface area contributed by atoms with E-state index in [9.17, 15) is 9.50 Å². The summed E-state index contributed by atoms with van der Waals surface area (Å²) in [5.41, 5.74) is 0.779. The Morgan fingerprint density at radius 1 is 1.44 bits per heavy atom. The van der Waals surface area contributed by atoms with Gasteiger partial charge in [-0.1, -0.05) is 6.07 Å². The number of ether oxygens (including phenoxy) is 2. The van der Waals surface area contributed by atoms with Crippen LogP contribution in [0.3, 0.4) is 0 Å². The fraction of sp³-hybridized carbons (Fsp3) is 0.571. The molecule has 0 bridgehead atoms. The van der Waals surface area contributed by atoms with E-state index in [2.05, 4.69) is 0 Å². The highest BCUT2D eigenvalue weighted by Crippen LogP contribution is 2.23. The van der Waals surface area contributed by atoms with Crippen LogP contribution in [0.2, 0.25) is 0 Å². The highest BCUT2D eigenvalue weighted by molar-refractivity contribution is 5.30. The number of halogens is 1. The van der Waals surface area contributed by atoms with Gasteiger partial charge in [0.25, 0.3) is 0 Å². The lowest BCUT2D eigenvalue weighted by atomic mass is 10.1. The lowest BCUT2D eigenvalue weighted by Gasteiger charge is -2.23. The van der Waals surface area contributed by atoms with Crippen LogP contribution in [0.5, 0.6) is 5.75 Å². The van der Waals surface area contributed by atoms with E-state index < -0.39 is 6.10 Å². The summed E-state index contributed by atoms with van der Waals surface area (Å²) in [6.45, 7) is 3.03. The molecule has 0 aliphatic carbocycles. The largest absolute Gasteiger partial charge is 0.487 e. The van der Waals surface area contributed by atoms with Gasteiger partial charge in [0, 0.05) is 12.8 Å². The van der Waals surface area contributed by atoms with Crippen molar-refractivity contribution < 1.29 is 19.0 Å². The Bertz CT molecular complexity index is 387. The minimum atomic E-state index is -0.466. The molecule has 3 nitrogen and oxygen atoms in total. The van der Waals surface area contributed by atoms with Gasteiger partial charge in [-0.2, -0.15) is 0 Å². The van der Waals surface area contributed by atoms with Gasteiger partial charge in [0.15, 0.2) is 11.6 Å². The molecule has 0 amide bonds. The van der Waals surface area contributed by atoms with Crippen molar-refractivity contribution in [3.05, 3.63) is 29.6 Å². The van der Waals surface area contributed by atoms with Crippen molar-refractivity contribution in [2.45, 2.75) is 38.4 Å². The van der Waals surface area contributed by atoms with Gasteiger partial charge in [-0.3, -0.25) is 0 Å². The first kappa shape index (κ1) is 13.3. The number of benzene rings is 1. The maximum Gasteiger partial charge on any atom is 0.165 e. The van der Waals surface area contributed by atoms with Crippen molar-refractivity contribution in [3.63, 3.8) is 0 Å². The van der Waals surface area contributed by atoms with Crippen molar-refractivity contribution in [2.24, 2.45) is 0 Å². The van der Waals surface area contributed by atoms with Crippen LogP contribution in [-0.4, -0.2) is 30.5 Å². The molecule has 1 N–H and O–H groups in total. The average molecular weight is 254 g/mol. The molecule has 0 aromatic heterocycles. The van der Waals surface area contributed by atoms with Crippen molar-refractivity contribution in [2.75, 3.05) is 13.2 Å². The van der Waals surface area contributed by atoms with Crippen molar-refractivity contribution >= 4 is 0 Å². The minimum Gasteiger partial charge on any atom is -0.487 e. The Morgan fingerprint density at radius 2 is 2.17 bits per heavy atom. The highest BCUT2D eigenvalue weighted by atomic mass is 19.1. The van der Waals surface area contributed by atoms with Crippen LogP contribution in [0, 0.1) is 5.82 Å². The zero-order valence-electron chi connectivity index (χ0n) is 10.6. The van der Waals surface area contributed by atoms with E-state index >= 15 is 0 Å². The third-order valence-electron chi connectivity index (χ3n) is 2.99. The number of aliphatic hydroxyl groups excluding tert-OH is 1. The van der Waals surface area contributed by atoms with Crippen molar-refractivity contribution in [3.8, 4) is 5.75 Å². The molecule has 1 aliphatic rings. The SMILES string of the molecule is CC(O)Cc1ccc(OC2CCOCC2)c(F)c1. The van der Waals surface area contributed by atoms with Gasteiger partial charge in [0.1, 0.15) is 6.10 Å². The second-order valence-corrected chi connectivity index (χ2v) is 4.75. The van der Waals surface area contributed by atoms with E-state index in [1.54, 1.807) is 19.1 Å². The Kier molecular flexibility index (Phi) is 4.55. The molecule has 2 rings (SSSR count). The number of hydrogen-bond acceptors (Lipinski definition) is 3. The lowest BCUT2D eigenvalue weighted by molar-refractivity contribution is 0.0240. The molecule has 0 saturated carbocycles. The molecule has 1 atom stereocenters. The second-order valence-electron chi connectivity index (χ2n) is 4.75. The summed E-state index contributed by atoms with van der Waals surface area (Å²) in [5.74, 6) is -0.0733. The van der Waals surface area contributed by atoms with Crippen LogP contribution < -0.4 is 4.74 Å². The van der Waals surface area contributed by atoms with E-state index in [0.29, 0.717) is 19.6 Å². The zero-order valence-corrected chi connectivity index (χ0v) is 10.6. The smallest absolute Gasteiger partial charge is 0.165 e. The van der Waals surface area contributed by atoms with E-state index in [1.165, 1.54) is 6.07 Å². The Morgan fingerprint density at radius 3 is 2.78 bits per heavy atom. The average Bonchev–Trinajstić information content (AvgIpc) is 2.33. The molecule has 0 spiro atoms. The summed E-state index contributed by atoms with van der Waals surface area (Å²) in [4.78, 5) is 0. The first-order valence-corrected chi connectivity index (χ1v) is 6.36. The van der Waals surface area contributed by atoms with Crippen LogP contribution in [0.1, 0.15) is 25.3 Å². The van der Waals surface area contributed by atoms with Crippen LogP contribution in [-0.2, 0) is 11.2 Å². The molecular formula is C14H19FO3. The molecule has 1 aromatic rings. The highest BCUT2D eigenvalue weighted by Gasteiger charge is 2.17. The second kappa shape index (κ2) is 6.16.